The number of fused-ring (bicyclic) bond motifs is 2. The average Bonchev–Trinajstić information content (AvgIpc) is 3.69. The van der Waals surface area contributed by atoms with Crippen LogP contribution in [0.5, 0.6) is 0 Å². The molecule has 7 rings (SSSR count). The molecule has 5 heterocycles. The van der Waals surface area contributed by atoms with Gasteiger partial charge in [0.15, 0.2) is 22.3 Å². The number of imidazole rings is 1. The number of nitrogens with one attached hydrogen (secondary N) is 3. The normalized spacial score (nSPS) is 13.3. The fourth-order valence-electron chi connectivity index (χ4n) is 6.59. The van der Waals surface area contributed by atoms with Crippen LogP contribution >= 0.6 is 0 Å². The second-order valence-electron chi connectivity index (χ2n) is 14.1. The van der Waals surface area contributed by atoms with Gasteiger partial charge in [-0.3, -0.25) is 48.3 Å². The number of hydrogen-bond acceptors (Lipinski definition) is 16. The summed E-state index contributed by atoms with van der Waals surface area (Å²) < 4.78 is 4.29. The van der Waals surface area contributed by atoms with Gasteiger partial charge >= 0.3 is 17.6 Å². The number of non-ortho nitro benzene ring substituents is 1. The van der Waals surface area contributed by atoms with Crippen molar-refractivity contribution in [1.29, 1.82) is 0 Å². The van der Waals surface area contributed by atoms with Gasteiger partial charge in [0, 0.05) is 88.9 Å². The molecule has 0 unspecified atom stereocenters. The molecular formula is C38H42N14O10. The molecule has 0 spiro atoms. The van der Waals surface area contributed by atoms with Gasteiger partial charge in [-0.05, 0) is 42.8 Å². The molecule has 1 amide bonds. The molecule has 4 aromatic heterocycles. The van der Waals surface area contributed by atoms with Crippen molar-refractivity contribution < 1.29 is 29.5 Å². The molecule has 0 aliphatic carbocycles. The molecule has 324 valence electrons. The van der Waals surface area contributed by atoms with Crippen molar-refractivity contribution in [2.45, 2.75) is 32.0 Å². The highest BCUT2D eigenvalue weighted by Crippen LogP contribution is 2.21. The van der Waals surface area contributed by atoms with E-state index in [1.807, 2.05) is 0 Å². The first-order valence-electron chi connectivity index (χ1n) is 19.0. The van der Waals surface area contributed by atoms with Crippen molar-refractivity contribution in [2.75, 3.05) is 48.7 Å². The van der Waals surface area contributed by atoms with Crippen LogP contribution in [-0.4, -0.2) is 115 Å². The number of carboxylic acids is 2. The highest BCUT2D eigenvalue weighted by Gasteiger charge is 2.22. The molecule has 62 heavy (non-hydrogen) atoms. The summed E-state index contributed by atoms with van der Waals surface area (Å²) in [6.45, 7) is 4.92. The van der Waals surface area contributed by atoms with Gasteiger partial charge in [-0.1, -0.05) is 0 Å². The van der Waals surface area contributed by atoms with Gasteiger partial charge in [0.1, 0.15) is 6.04 Å². The minimum absolute atomic E-state index is 0.0524. The average molecular weight is 855 g/mol. The van der Waals surface area contributed by atoms with Gasteiger partial charge < -0.3 is 36.0 Å². The van der Waals surface area contributed by atoms with Crippen LogP contribution in [0.1, 0.15) is 28.9 Å². The summed E-state index contributed by atoms with van der Waals surface area (Å²) in [5.41, 5.74) is 7.64. The first-order valence-corrected chi connectivity index (χ1v) is 19.0. The Balaban J connectivity index is 0.000000207. The van der Waals surface area contributed by atoms with Crippen molar-refractivity contribution in [1.82, 2.24) is 48.8 Å². The number of carboxylic acid groups (broad SMARTS) is 2. The summed E-state index contributed by atoms with van der Waals surface area (Å²) in [7, 11) is 3.08. The van der Waals surface area contributed by atoms with Crippen molar-refractivity contribution in [3.8, 4) is 0 Å². The lowest BCUT2D eigenvalue weighted by atomic mass is 10.1. The molecule has 0 saturated carbocycles. The van der Waals surface area contributed by atoms with E-state index in [1.165, 1.54) is 42.1 Å². The van der Waals surface area contributed by atoms with Gasteiger partial charge in [-0.15, -0.1) is 0 Å². The lowest BCUT2D eigenvalue weighted by molar-refractivity contribution is -0.384. The van der Waals surface area contributed by atoms with Crippen LogP contribution in [-0.2, 0) is 36.8 Å². The molecule has 1 aliphatic rings. The van der Waals surface area contributed by atoms with Gasteiger partial charge in [0.25, 0.3) is 22.7 Å². The number of aliphatic carboxylic acids is 2. The van der Waals surface area contributed by atoms with E-state index in [2.05, 4.69) is 45.4 Å². The molecule has 1 fully saturated rings. The molecule has 2 aromatic carbocycles. The number of aromatic amines is 1. The maximum absolute atomic E-state index is 12.5. The fourth-order valence-corrected chi connectivity index (χ4v) is 6.59. The molecular weight excluding hydrogens is 813 g/mol. The van der Waals surface area contributed by atoms with E-state index in [0.29, 0.717) is 29.1 Å². The minimum atomic E-state index is -1.31. The highest BCUT2D eigenvalue weighted by atomic mass is 16.6. The summed E-state index contributed by atoms with van der Waals surface area (Å²) in [4.78, 5) is 104. The van der Waals surface area contributed by atoms with Crippen LogP contribution in [0.4, 0.5) is 23.0 Å². The summed E-state index contributed by atoms with van der Waals surface area (Å²) in [6.07, 6.45) is 2.45. The molecule has 1 atom stereocenters. The number of benzene rings is 2. The van der Waals surface area contributed by atoms with Gasteiger partial charge in [-0.25, -0.2) is 24.5 Å². The molecule has 1 saturated heterocycles. The van der Waals surface area contributed by atoms with Crippen LogP contribution < -0.4 is 38.1 Å². The molecule has 24 nitrogen and oxygen atoms in total. The number of nitrogens with zero attached hydrogens (tertiary/aromatic N) is 10. The zero-order chi connectivity index (χ0) is 44.7. The van der Waals surface area contributed by atoms with Crippen LogP contribution in [0, 0.1) is 10.1 Å². The first kappa shape index (κ1) is 43.6. The number of amides is 1. The van der Waals surface area contributed by atoms with E-state index < -0.39 is 34.4 Å². The SMILES string of the molecule is Cn1c(=O)c2c(ncn2CCN2CCN(c3ccc([N+](=O)[O-])cc3)CC2)n(C)c1=O.Nc1nc2ncc(CNc3ccc(C(=O)N[C@@H](CCC(=O)O)C(=O)O)cc3)nc2c(=O)[nH]1. The van der Waals surface area contributed by atoms with Crippen molar-refractivity contribution in [3.63, 3.8) is 0 Å². The third-order valence-corrected chi connectivity index (χ3v) is 10.0. The Morgan fingerprint density at radius 2 is 1.63 bits per heavy atom. The Kier molecular flexibility index (Phi) is 13.3. The van der Waals surface area contributed by atoms with Crippen LogP contribution in [0.15, 0.2) is 75.4 Å². The monoisotopic (exact) mass is 854 g/mol. The number of aromatic nitrogens is 8. The number of rotatable bonds is 14. The van der Waals surface area contributed by atoms with E-state index in [0.717, 1.165) is 43.0 Å². The van der Waals surface area contributed by atoms with E-state index in [-0.39, 0.29) is 59.0 Å². The van der Waals surface area contributed by atoms with E-state index >= 15 is 0 Å². The Morgan fingerprint density at radius 3 is 2.27 bits per heavy atom. The van der Waals surface area contributed by atoms with E-state index in [9.17, 15) is 38.9 Å². The number of H-pyrrole nitrogens is 1. The maximum Gasteiger partial charge on any atom is 0.332 e. The maximum atomic E-state index is 12.5. The largest absolute Gasteiger partial charge is 0.481 e. The van der Waals surface area contributed by atoms with E-state index in [1.54, 1.807) is 42.2 Å². The number of carbonyl (C=O) groups is 3. The summed E-state index contributed by atoms with van der Waals surface area (Å²) in [6, 6.07) is 11.5. The van der Waals surface area contributed by atoms with Gasteiger partial charge in [-0.2, -0.15) is 4.98 Å². The molecule has 1 aliphatic heterocycles. The topological polar surface area (TPSA) is 325 Å². The lowest BCUT2D eigenvalue weighted by Gasteiger charge is -2.36. The quantitative estimate of drug-likeness (QED) is 0.0626. The minimum Gasteiger partial charge on any atom is -0.481 e. The summed E-state index contributed by atoms with van der Waals surface area (Å²) in [5, 5.41) is 34.0. The van der Waals surface area contributed by atoms with Crippen molar-refractivity contribution in [2.24, 2.45) is 14.1 Å². The van der Waals surface area contributed by atoms with Crippen LogP contribution in [0.25, 0.3) is 22.3 Å². The number of hydrogen-bond donors (Lipinski definition) is 6. The summed E-state index contributed by atoms with van der Waals surface area (Å²) in [5.74, 6) is -3.16. The Labute approximate surface area is 349 Å². The van der Waals surface area contributed by atoms with Crippen LogP contribution in [0.3, 0.4) is 0 Å². The smallest absolute Gasteiger partial charge is 0.332 e. The number of anilines is 3. The number of piperazine rings is 1. The number of carbonyl (C=O) groups excluding carboxylic acids is 1. The third-order valence-electron chi connectivity index (χ3n) is 10.0. The predicted molar refractivity (Wildman–Crippen MR) is 224 cm³/mol. The van der Waals surface area contributed by atoms with Gasteiger partial charge in [0.05, 0.1) is 29.7 Å². The Morgan fingerprint density at radius 1 is 0.935 bits per heavy atom. The number of nitro benzene ring substituents is 1. The third kappa shape index (κ3) is 10.2. The number of nitrogens with two attached hydrogens (primary N) is 1. The van der Waals surface area contributed by atoms with Crippen molar-refractivity contribution >= 4 is 63.2 Å². The fraction of sp³-hybridized carbons (Fsp3) is 0.316. The lowest BCUT2D eigenvalue weighted by Crippen LogP contribution is -2.47. The number of nitrogen functional groups attached to an aromatic ring is 1. The molecule has 0 radical (unpaired) electrons. The molecule has 24 heteroatoms. The zero-order valence-electron chi connectivity index (χ0n) is 33.4. The van der Waals surface area contributed by atoms with E-state index in [4.69, 9.17) is 15.9 Å². The number of nitro groups is 1. The predicted octanol–water partition coefficient (Wildman–Crippen LogP) is 0.119. The standard InChI is InChI=1S/C19H19N7O6.C19H23N7O4/c20-19-25-15-14(17(30)26-19)23-11(8-22-15)7-21-10-3-1-9(2-4-10)16(29)24-12(18(31)32)5-6-13(27)28;1-21-17-16(18(27)22(2)19(21)28)25(13-20-17)12-9-23-7-10-24(11-8-23)14-3-5-15(6-4-14)26(29)30/h1-4,8,12,21H,5-7H2,(H,24,29)(H,27,28)(H,31,32)(H3,20,22,25,26,30);3-6,13H,7-12H2,1-2H3/t12-;/m0./s1. The zero-order valence-corrected chi connectivity index (χ0v) is 33.4. The van der Waals surface area contributed by atoms with Crippen LogP contribution in [0.2, 0.25) is 0 Å². The number of aryl methyl sites for hydroxylation is 1. The Bertz CT molecular complexity index is 2810. The van der Waals surface area contributed by atoms with Gasteiger partial charge in [0.2, 0.25) is 5.95 Å². The summed E-state index contributed by atoms with van der Waals surface area (Å²) >= 11 is 0. The molecule has 7 N–H and O–H groups in total. The molecule has 6 aromatic rings. The highest BCUT2D eigenvalue weighted by molar-refractivity contribution is 5.97. The Hall–Kier alpha value is -8.02. The first-order chi connectivity index (χ1) is 29.6. The molecule has 0 bridgehead atoms. The second kappa shape index (κ2) is 18.9. The second-order valence-corrected chi connectivity index (χ2v) is 14.1. The van der Waals surface area contributed by atoms with Crippen molar-refractivity contribution in [3.05, 3.63) is 114 Å².